The second-order valence-corrected chi connectivity index (χ2v) is 11.7. The summed E-state index contributed by atoms with van der Waals surface area (Å²) in [6.45, 7) is 4.75. The summed E-state index contributed by atoms with van der Waals surface area (Å²) in [6, 6.07) is 18.3. The number of unbranched alkanes of at least 4 members (excludes halogenated alkanes) is 1. The van der Waals surface area contributed by atoms with Gasteiger partial charge < -0.3 is 43.9 Å². The molecule has 3 N–H and O–H groups in total. The summed E-state index contributed by atoms with van der Waals surface area (Å²) >= 11 is 0. The molecule has 2 aromatic rings. The number of hydroxylamine groups is 1. The molecule has 0 spiro atoms. The van der Waals surface area contributed by atoms with E-state index in [0.29, 0.717) is 72.4 Å². The normalized spacial score (nSPS) is 10.9. The van der Waals surface area contributed by atoms with E-state index in [2.05, 4.69) is 40.4 Å². The van der Waals surface area contributed by atoms with E-state index in [4.69, 9.17) is 33.3 Å². The van der Waals surface area contributed by atoms with Gasteiger partial charge in [-0.25, -0.2) is 4.79 Å². The molecule has 0 saturated heterocycles. The van der Waals surface area contributed by atoms with Crippen molar-refractivity contribution in [1.29, 1.82) is 0 Å². The number of ether oxygens (including phenoxy) is 6. The third-order valence-corrected chi connectivity index (χ3v) is 7.40. The number of rotatable bonds is 31. The predicted octanol–water partition coefficient (Wildman–Crippen LogP) is 2.50. The zero-order valence-corrected chi connectivity index (χ0v) is 30.5. The summed E-state index contributed by atoms with van der Waals surface area (Å²) in [5, 5.41) is 5.30. The second kappa shape index (κ2) is 30.7. The molecular formula is C38H57N3O11. The first-order valence-electron chi connectivity index (χ1n) is 18.0. The van der Waals surface area contributed by atoms with Crippen LogP contribution >= 0.6 is 0 Å². The third-order valence-electron chi connectivity index (χ3n) is 7.40. The van der Waals surface area contributed by atoms with Crippen molar-refractivity contribution in [2.45, 2.75) is 51.4 Å². The number of carbonyl (C=O) groups excluding carboxylic acids is 4. The second-order valence-electron chi connectivity index (χ2n) is 11.7. The van der Waals surface area contributed by atoms with Crippen molar-refractivity contribution >= 4 is 23.7 Å². The molecule has 0 aromatic heterocycles. The summed E-state index contributed by atoms with van der Waals surface area (Å²) in [6.07, 6.45) is 4.80. The zero-order valence-electron chi connectivity index (χ0n) is 30.5. The quantitative estimate of drug-likeness (QED) is 0.0770. The molecule has 0 radical (unpaired) electrons. The Balaban J connectivity index is 1.35. The van der Waals surface area contributed by atoms with Crippen LogP contribution in [0.4, 0.5) is 0 Å². The Labute approximate surface area is 307 Å². The van der Waals surface area contributed by atoms with Crippen molar-refractivity contribution < 1.29 is 52.4 Å². The van der Waals surface area contributed by atoms with Gasteiger partial charge in [0.05, 0.1) is 78.9 Å². The SMILES string of the molecule is COCCOCCOCCOCCOCCOCC(=O)NCCCC(=O)NCCC(=O)ONC(=O)Cc1ccc(CCCCc2ccccc2)cc1. The van der Waals surface area contributed by atoms with Gasteiger partial charge in [0.25, 0.3) is 5.91 Å². The molecular weight excluding hydrogens is 674 g/mol. The van der Waals surface area contributed by atoms with E-state index in [-0.39, 0.29) is 50.8 Å². The van der Waals surface area contributed by atoms with Crippen LogP contribution in [0, 0.1) is 0 Å². The third kappa shape index (κ3) is 25.1. The van der Waals surface area contributed by atoms with Crippen LogP contribution in [-0.2, 0) is 71.7 Å². The van der Waals surface area contributed by atoms with Crippen molar-refractivity contribution in [1.82, 2.24) is 16.1 Å². The van der Waals surface area contributed by atoms with Crippen molar-refractivity contribution in [3.05, 3.63) is 71.3 Å². The maximum atomic E-state index is 12.2. The van der Waals surface area contributed by atoms with Gasteiger partial charge in [0.2, 0.25) is 11.8 Å². The number of aryl methyl sites for hydroxylation is 2. The predicted molar refractivity (Wildman–Crippen MR) is 193 cm³/mol. The molecule has 0 unspecified atom stereocenters. The number of carbonyl (C=O) groups is 4. The maximum Gasteiger partial charge on any atom is 0.334 e. The lowest BCUT2D eigenvalue weighted by Crippen LogP contribution is -2.32. The summed E-state index contributed by atoms with van der Waals surface area (Å²) in [5.74, 6) is -1.66. The fourth-order valence-corrected chi connectivity index (χ4v) is 4.62. The van der Waals surface area contributed by atoms with Gasteiger partial charge in [-0.2, -0.15) is 5.48 Å². The number of amides is 3. The van der Waals surface area contributed by atoms with Crippen LogP contribution in [0.5, 0.6) is 0 Å². The molecule has 0 fully saturated rings. The summed E-state index contributed by atoms with van der Waals surface area (Å²) in [7, 11) is 1.62. The lowest BCUT2D eigenvalue weighted by molar-refractivity contribution is -0.158. The van der Waals surface area contributed by atoms with Crippen LogP contribution in [0.15, 0.2) is 54.6 Å². The van der Waals surface area contributed by atoms with Crippen LogP contribution in [-0.4, -0.2) is 117 Å². The van der Waals surface area contributed by atoms with Crippen molar-refractivity contribution in [2.24, 2.45) is 0 Å². The van der Waals surface area contributed by atoms with Crippen LogP contribution in [0.1, 0.15) is 48.8 Å². The zero-order chi connectivity index (χ0) is 37.3. The van der Waals surface area contributed by atoms with E-state index in [1.165, 1.54) is 11.1 Å². The van der Waals surface area contributed by atoms with Gasteiger partial charge in [-0.05, 0) is 48.8 Å². The topological polar surface area (TPSA) is 169 Å². The van der Waals surface area contributed by atoms with Gasteiger partial charge in [-0.1, -0.05) is 54.6 Å². The average Bonchev–Trinajstić information content (AvgIpc) is 3.15. The number of benzene rings is 2. The molecule has 0 aliphatic carbocycles. The molecule has 2 rings (SSSR count). The fourth-order valence-electron chi connectivity index (χ4n) is 4.62. The van der Waals surface area contributed by atoms with Crippen LogP contribution in [0.3, 0.4) is 0 Å². The lowest BCUT2D eigenvalue weighted by atomic mass is 10.0. The molecule has 14 heteroatoms. The molecule has 0 saturated carbocycles. The van der Waals surface area contributed by atoms with Gasteiger partial charge in [0.15, 0.2) is 0 Å². The van der Waals surface area contributed by atoms with E-state index in [0.717, 1.165) is 31.2 Å². The van der Waals surface area contributed by atoms with Crippen molar-refractivity contribution in [2.75, 3.05) is 92.9 Å². The molecule has 0 atom stereocenters. The highest BCUT2D eigenvalue weighted by Gasteiger charge is 2.10. The van der Waals surface area contributed by atoms with E-state index in [1.54, 1.807) is 7.11 Å². The van der Waals surface area contributed by atoms with Gasteiger partial charge in [-0.3, -0.25) is 14.4 Å². The Bertz CT molecular complexity index is 1230. The molecule has 290 valence electrons. The monoisotopic (exact) mass is 731 g/mol. The smallest absolute Gasteiger partial charge is 0.334 e. The highest BCUT2D eigenvalue weighted by atomic mass is 16.7. The van der Waals surface area contributed by atoms with E-state index < -0.39 is 11.9 Å². The minimum Gasteiger partial charge on any atom is -0.382 e. The molecule has 0 aliphatic rings. The number of methoxy groups -OCH3 is 1. The largest absolute Gasteiger partial charge is 0.382 e. The van der Waals surface area contributed by atoms with Crippen LogP contribution in [0.2, 0.25) is 0 Å². The molecule has 0 aliphatic heterocycles. The molecule has 14 nitrogen and oxygen atoms in total. The maximum absolute atomic E-state index is 12.2. The molecule has 2 aromatic carbocycles. The first-order valence-corrected chi connectivity index (χ1v) is 18.0. The summed E-state index contributed by atoms with van der Waals surface area (Å²) in [5.41, 5.74) is 5.54. The first-order chi connectivity index (χ1) is 25.5. The van der Waals surface area contributed by atoms with Gasteiger partial charge in [0, 0.05) is 26.6 Å². The highest BCUT2D eigenvalue weighted by molar-refractivity contribution is 5.80. The molecule has 3 amide bonds. The number of hydrogen-bond donors (Lipinski definition) is 3. The van der Waals surface area contributed by atoms with Gasteiger partial charge >= 0.3 is 5.97 Å². The summed E-state index contributed by atoms with van der Waals surface area (Å²) in [4.78, 5) is 52.9. The molecule has 0 bridgehead atoms. The Morgan fingerprint density at radius 3 is 1.63 bits per heavy atom. The van der Waals surface area contributed by atoms with Crippen LogP contribution in [0.25, 0.3) is 0 Å². The van der Waals surface area contributed by atoms with Gasteiger partial charge in [-0.15, -0.1) is 0 Å². The standard InChI is InChI=1S/C38H57N3O11/c1-46-20-21-47-22-23-48-24-25-49-26-27-50-28-29-51-31-37(44)39-18-7-12-35(42)40-19-17-38(45)52-41-36(43)30-34-15-13-33(14-16-34)11-6-5-10-32-8-3-2-4-9-32/h2-4,8-9,13-16H,5-7,10-12,17-31H2,1H3,(H,39,44)(H,40,42)(H,41,43). The average molecular weight is 732 g/mol. The molecule has 0 heterocycles. The minimum absolute atomic E-state index is 0.0645. The van der Waals surface area contributed by atoms with E-state index in [1.807, 2.05) is 30.3 Å². The van der Waals surface area contributed by atoms with Crippen molar-refractivity contribution in [3.8, 4) is 0 Å². The lowest BCUT2D eigenvalue weighted by Gasteiger charge is -2.09. The van der Waals surface area contributed by atoms with E-state index >= 15 is 0 Å². The molecule has 52 heavy (non-hydrogen) atoms. The summed E-state index contributed by atoms with van der Waals surface area (Å²) < 4.78 is 31.6. The van der Waals surface area contributed by atoms with Gasteiger partial charge in [0.1, 0.15) is 6.61 Å². The highest BCUT2D eigenvalue weighted by Crippen LogP contribution is 2.11. The fraction of sp³-hybridized carbons (Fsp3) is 0.579. The van der Waals surface area contributed by atoms with Crippen molar-refractivity contribution in [3.63, 3.8) is 0 Å². The Morgan fingerprint density at radius 2 is 1.04 bits per heavy atom. The Morgan fingerprint density at radius 1 is 0.519 bits per heavy atom. The number of hydrogen-bond acceptors (Lipinski definition) is 11. The number of nitrogens with one attached hydrogen (secondary N) is 3. The minimum atomic E-state index is -0.664. The Kier molecular flexibility index (Phi) is 26.1. The van der Waals surface area contributed by atoms with Crippen LogP contribution < -0.4 is 16.1 Å². The Hall–Kier alpha value is -3.92. The van der Waals surface area contributed by atoms with E-state index in [9.17, 15) is 19.2 Å². The first kappa shape index (κ1) is 44.2.